The minimum atomic E-state index is -4.44. The maximum atomic E-state index is 12.8. The highest BCUT2D eigenvalue weighted by molar-refractivity contribution is 7.13. The third-order valence-electron chi connectivity index (χ3n) is 3.98. The lowest BCUT2D eigenvalue weighted by Crippen LogP contribution is -2.19. The van der Waals surface area contributed by atoms with Crippen LogP contribution in [0.3, 0.4) is 0 Å². The van der Waals surface area contributed by atoms with Gasteiger partial charge in [-0.05, 0) is 48.0 Å². The molecule has 0 saturated heterocycles. The zero-order valence-corrected chi connectivity index (χ0v) is 17.6. The predicted molar refractivity (Wildman–Crippen MR) is 116 cm³/mol. The number of nitrogens with one attached hydrogen (secondary N) is 2. The molecule has 0 bridgehead atoms. The molecule has 12 heteroatoms. The molecule has 3 rings (SSSR count). The number of anilines is 2. The second-order valence-electron chi connectivity index (χ2n) is 6.57. The minimum absolute atomic E-state index is 0.0694. The quantitative estimate of drug-likeness (QED) is 0.316. The molecule has 172 valence electrons. The van der Waals surface area contributed by atoms with Crippen molar-refractivity contribution in [2.24, 2.45) is 5.10 Å². The monoisotopic (exact) mass is 478 g/mol. The molecule has 1 amide bonds. The van der Waals surface area contributed by atoms with Gasteiger partial charge in [-0.25, -0.2) is 15.2 Å². The molecule has 0 atom stereocenters. The average molecular weight is 478 g/mol. The van der Waals surface area contributed by atoms with Crippen molar-refractivity contribution in [3.63, 3.8) is 0 Å². The highest BCUT2D eigenvalue weighted by atomic mass is 32.1. The fourth-order valence-electron chi connectivity index (χ4n) is 2.52. The van der Waals surface area contributed by atoms with Gasteiger partial charge in [-0.2, -0.15) is 18.3 Å². The van der Waals surface area contributed by atoms with Crippen molar-refractivity contribution in [2.45, 2.75) is 12.6 Å². The second-order valence-corrected chi connectivity index (χ2v) is 7.43. The van der Waals surface area contributed by atoms with E-state index in [1.165, 1.54) is 18.3 Å². The summed E-state index contributed by atoms with van der Waals surface area (Å²) in [5.41, 5.74) is 2.90. The molecule has 0 aliphatic heterocycles. The molecule has 2 aromatic carbocycles. The Morgan fingerprint density at radius 2 is 1.94 bits per heavy atom. The molecular formula is C21H17F3N4O4S. The number of thiazole rings is 1. The van der Waals surface area contributed by atoms with Crippen LogP contribution in [0, 0.1) is 0 Å². The number of amides is 1. The second kappa shape index (κ2) is 10.6. The van der Waals surface area contributed by atoms with E-state index in [1.807, 2.05) is 0 Å². The Bertz CT molecular complexity index is 1150. The van der Waals surface area contributed by atoms with E-state index >= 15 is 0 Å². The minimum Gasteiger partial charge on any atom is -0.482 e. The number of hydrogen-bond acceptors (Lipinski definition) is 7. The van der Waals surface area contributed by atoms with Gasteiger partial charge in [-0.3, -0.25) is 4.79 Å². The van der Waals surface area contributed by atoms with Crippen LogP contribution in [0.2, 0.25) is 0 Å². The summed E-state index contributed by atoms with van der Waals surface area (Å²) in [6.45, 7) is -0.447. The van der Waals surface area contributed by atoms with Crippen molar-refractivity contribution in [2.75, 3.05) is 11.9 Å². The Morgan fingerprint density at radius 3 is 2.64 bits per heavy atom. The Morgan fingerprint density at radius 1 is 1.18 bits per heavy atom. The smallest absolute Gasteiger partial charge is 0.416 e. The first kappa shape index (κ1) is 23.7. The number of alkyl halides is 3. The van der Waals surface area contributed by atoms with Crippen LogP contribution in [0.25, 0.3) is 0 Å². The fourth-order valence-corrected chi connectivity index (χ4v) is 3.25. The van der Waals surface area contributed by atoms with E-state index in [0.29, 0.717) is 22.1 Å². The molecule has 0 radical (unpaired) electrons. The third-order valence-corrected chi connectivity index (χ3v) is 4.79. The van der Waals surface area contributed by atoms with Crippen LogP contribution in [-0.2, 0) is 22.2 Å². The van der Waals surface area contributed by atoms with Gasteiger partial charge in [0.25, 0.3) is 0 Å². The molecule has 0 saturated carbocycles. The summed E-state index contributed by atoms with van der Waals surface area (Å²) in [5.74, 6) is -1.12. The average Bonchev–Trinajstić information content (AvgIpc) is 3.19. The normalized spacial score (nSPS) is 11.4. The first-order valence-electron chi connectivity index (χ1n) is 9.34. The molecule has 0 aliphatic carbocycles. The molecule has 0 aliphatic rings. The van der Waals surface area contributed by atoms with E-state index in [1.54, 1.807) is 29.6 Å². The van der Waals surface area contributed by atoms with E-state index in [-0.39, 0.29) is 12.1 Å². The highest BCUT2D eigenvalue weighted by Gasteiger charge is 2.30. The molecule has 8 nitrogen and oxygen atoms in total. The number of aliphatic carboxylic acids is 1. The zero-order valence-electron chi connectivity index (χ0n) is 16.8. The van der Waals surface area contributed by atoms with Crippen molar-refractivity contribution >= 4 is 40.2 Å². The maximum absolute atomic E-state index is 12.8. The standard InChI is InChI=1S/C21H17F3N4O4S/c22-21(23,24)14-2-1-3-15(8-14)26-20-27-16(12-33-20)9-18(29)28-25-10-13-4-6-17(7-5-13)32-11-19(30)31/h1-8,10,12H,9,11H2,(H,26,27)(H,28,29)(H,30,31)/b25-10+. The Kier molecular flexibility index (Phi) is 7.61. The molecule has 1 heterocycles. The number of carboxylic acid groups (broad SMARTS) is 1. The van der Waals surface area contributed by atoms with Crippen LogP contribution >= 0.6 is 11.3 Å². The first-order chi connectivity index (χ1) is 15.7. The molecule has 3 aromatic rings. The largest absolute Gasteiger partial charge is 0.482 e. The summed E-state index contributed by atoms with van der Waals surface area (Å²) < 4.78 is 43.5. The zero-order chi connectivity index (χ0) is 23.8. The number of carboxylic acids is 1. The van der Waals surface area contributed by atoms with Crippen LogP contribution in [0.4, 0.5) is 24.0 Å². The van der Waals surface area contributed by atoms with Gasteiger partial charge >= 0.3 is 12.1 Å². The summed E-state index contributed by atoms with van der Waals surface area (Å²) >= 11 is 1.16. The topological polar surface area (TPSA) is 113 Å². The lowest BCUT2D eigenvalue weighted by Gasteiger charge is -2.08. The van der Waals surface area contributed by atoms with Gasteiger partial charge in [0, 0.05) is 11.1 Å². The Hall–Kier alpha value is -3.93. The van der Waals surface area contributed by atoms with Gasteiger partial charge in [0.05, 0.1) is 23.9 Å². The van der Waals surface area contributed by atoms with E-state index in [4.69, 9.17) is 9.84 Å². The number of hydrazone groups is 1. The summed E-state index contributed by atoms with van der Waals surface area (Å²) in [7, 11) is 0. The summed E-state index contributed by atoms with van der Waals surface area (Å²) in [6.07, 6.45) is -3.11. The van der Waals surface area contributed by atoms with E-state index in [0.717, 1.165) is 23.5 Å². The number of benzene rings is 2. The van der Waals surface area contributed by atoms with Gasteiger partial charge in [-0.1, -0.05) is 6.07 Å². The maximum Gasteiger partial charge on any atom is 0.416 e. The Labute approximate surface area is 189 Å². The number of ether oxygens (including phenoxy) is 1. The Balaban J connectivity index is 1.49. The van der Waals surface area contributed by atoms with Crippen LogP contribution in [0.15, 0.2) is 59.0 Å². The first-order valence-corrected chi connectivity index (χ1v) is 10.2. The van der Waals surface area contributed by atoms with Crippen LogP contribution < -0.4 is 15.5 Å². The number of nitrogens with zero attached hydrogens (tertiary/aromatic N) is 2. The van der Waals surface area contributed by atoms with Gasteiger partial charge in [0.15, 0.2) is 11.7 Å². The van der Waals surface area contributed by atoms with E-state index in [9.17, 15) is 22.8 Å². The van der Waals surface area contributed by atoms with Gasteiger partial charge in [-0.15, -0.1) is 11.3 Å². The summed E-state index contributed by atoms with van der Waals surface area (Å²) in [4.78, 5) is 26.7. The number of hydrogen-bond donors (Lipinski definition) is 3. The van der Waals surface area contributed by atoms with Crippen molar-refractivity contribution in [3.8, 4) is 5.75 Å². The van der Waals surface area contributed by atoms with Crippen LogP contribution in [-0.4, -0.2) is 34.8 Å². The number of carbonyl (C=O) groups is 2. The third kappa shape index (κ3) is 7.61. The highest BCUT2D eigenvalue weighted by Crippen LogP contribution is 2.31. The number of rotatable bonds is 9. The lowest BCUT2D eigenvalue weighted by atomic mass is 10.2. The number of carbonyl (C=O) groups excluding carboxylic acids is 1. The van der Waals surface area contributed by atoms with E-state index in [2.05, 4.69) is 20.8 Å². The lowest BCUT2D eigenvalue weighted by molar-refractivity contribution is -0.139. The molecule has 1 aromatic heterocycles. The predicted octanol–water partition coefficient (Wildman–Crippen LogP) is 4.06. The summed E-state index contributed by atoms with van der Waals surface area (Å²) in [5, 5.41) is 17.2. The number of aromatic nitrogens is 1. The van der Waals surface area contributed by atoms with E-state index < -0.39 is 30.2 Å². The SMILES string of the molecule is O=C(O)COc1ccc(/C=N/NC(=O)Cc2csc(Nc3cccc(C(F)(F)F)c3)n2)cc1. The van der Waals surface area contributed by atoms with Crippen molar-refractivity contribution in [1.29, 1.82) is 0 Å². The molecule has 3 N–H and O–H groups in total. The van der Waals surface area contributed by atoms with Gasteiger partial charge in [0.1, 0.15) is 5.75 Å². The van der Waals surface area contributed by atoms with Crippen molar-refractivity contribution in [3.05, 3.63) is 70.7 Å². The van der Waals surface area contributed by atoms with Crippen molar-refractivity contribution < 1.29 is 32.6 Å². The van der Waals surface area contributed by atoms with Crippen LogP contribution in [0.1, 0.15) is 16.8 Å². The summed E-state index contributed by atoms with van der Waals surface area (Å²) in [6, 6.07) is 11.2. The van der Waals surface area contributed by atoms with Crippen LogP contribution in [0.5, 0.6) is 5.75 Å². The van der Waals surface area contributed by atoms with Gasteiger partial charge < -0.3 is 15.2 Å². The number of halogens is 3. The molecule has 0 spiro atoms. The van der Waals surface area contributed by atoms with Gasteiger partial charge in [0.2, 0.25) is 5.91 Å². The molecule has 0 unspecified atom stereocenters. The molecule has 0 fully saturated rings. The molecular weight excluding hydrogens is 461 g/mol. The molecule has 33 heavy (non-hydrogen) atoms. The fraction of sp³-hybridized carbons (Fsp3) is 0.143. The van der Waals surface area contributed by atoms with Crippen molar-refractivity contribution in [1.82, 2.24) is 10.4 Å².